The Labute approximate surface area is 133 Å². The number of amides is 1. The highest BCUT2D eigenvalue weighted by Crippen LogP contribution is 2.23. The minimum absolute atomic E-state index is 0.0616. The van der Waals surface area contributed by atoms with E-state index >= 15 is 0 Å². The van der Waals surface area contributed by atoms with Gasteiger partial charge in [0.05, 0.1) is 12.0 Å². The summed E-state index contributed by atoms with van der Waals surface area (Å²) in [5, 5.41) is 10.6. The third-order valence-electron chi connectivity index (χ3n) is 3.81. The average molecular weight is 322 g/mol. The van der Waals surface area contributed by atoms with Crippen LogP contribution in [0.4, 0.5) is 10.5 Å². The van der Waals surface area contributed by atoms with Crippen LogP contribution in [0.25, 0.3) is 0 Å². The number of piperidine rings is 1. The summed E-state index contributed by atoms with van der Waals surface area (Å²) >= 11 is 0. The SMILES string of the molecule is COC(=O)CC1CCN(C(=O)Oc2ccc([N+](=O)[O-])cc2)CC1. The van der Waals surface area contributed by atoms with Crippen LogP contribution in [-0.2, 0) is 9.53 Å². The zero-order valence-corrected chi connectivity index (χ0v) is 12.8. The van der Waals surface area contributed by atoms with Gasteiger partial charge in [-0.2, -0.15) is 0 Å². The van der Waals surface area contributed by atoms with Gasteiger partial charge in [-0.15, -0.1) is 0 Å². The van der Waals surface area contributed by atoms with Crippen LogP contribution in [0.1, 0.15) is 19.3 Å². The highest BCUT2D eigenvalue weighted by atomic mass is 16.6. The van der Waals surface area contributed by atoms with Crippen LogP contribution in [0.3, 0.4) is 0 Å². The second-order valence-corrected chi connectivity index (χ2v) is 5.33. The predicted octanol–water partition coefficient (Wildman–Crippen LogP) is 2.37. The van der Waals surface area contributed by atoms with E-state index in [-0.39, 0.29) is 23.3 Å². The second-order valence-electron chi connectivity index (χ2n) is 5.33. The van der Waals surface area contributed by atoms with E-state index in [1.54, 1.807) is 4.90 Å². The number of carbonyl (C=O) groups is 2. The van der Waals surface area contributed by atoms with Crippen LogP contribution >= 0.6 is 0 Å². The van der Waals surface area contributed by atoms with Crippen molar-refractivity contribution < 1.29 is 24.0 Å². The first-order valence-corrected chi connectivity index (χ1v) is 7.27. The summed E-state index contributed by atoms with van der Waals surface area (Å²) < 4.78 is 9.84. The Kier molecular flexibility index (Phi) is 5.51. The van der Waals surface area contributed by atoms with Gasteiger partial charge in [-0.05, 0) is 30.9 Å². The van der Waals surface area contributed by atoms with Gasteiger partial charge < -0.3 is 14.4 Å². The fraction of sp³-hybridized carbons (Fsp3) is 0.467. The molecule has 1 amide bonds. The number of nitro benzene ring substituents is 1. The summed E-state index contributed by atoms with van der Waals surface area (Å²) in [4.78, 5) is 34.9. The van der Waals surface area contributed by atoms with Crippen molar-refractivity contribution in [1.82, 2.24) is 4.90 Å². The lowest BCUT2D eigenvalue weighted by Crippen LogP contribution is -2.40. The molecule has 124 valence electrons. The van der Waals surface area contributed by atoms with Crippen LogP contribution in [0.5, 0.6) is 5.75 Å². The Morgan fingerprint density at radius 3 is 2.39 bits per heavy atom. The average Bonchev–Trinajstić information content (AvgIpc) is 2.55. The number of methoxy groups -OCH3 is 1. The van der Waals surface area contributed by atoms with Gasteiger partial charge in [-0.1, -0.05) is 0 Å². The molecule has 1 aliphatic rings. The minimum Gasteiger partial charge on any atom is -0.469 e. The molecule has 0 spiro atoms. The van der Waals surface area contributed by atoms with Crippen LogP contribution in [0, 0.1) is 16.0 Å². The molecule has 1 saturated heterocycles. The van der Waals surface area contributed by atoms with E-state index in [4.69, 9.17) is 4.74 Å². The van der Waals surface area contributed by atoms with Crippen molar-refractivity contribution in [3.8, 4) is 5.75 Å². The third-order valence-corrected chi connectivity index (χ3v) is 3.81. The predicted molar refractivity (Wildman–Crippen MR) is 80.1 cm³/mol. The fourth-order valence-electron chi connectivity index (χ4n) is 2.44. The van der Waals surface area contributed by atoms with Crippen molar-refractivity contribution in [2.75, 3.05) is 20.2 Å². The van der Waals surface area contributed by atoms with E-state index in [1.807, 2.05) is 0 Å². The Balaban J connectivity index is 1.83. The molecule has 0 unspecified atom stereocenters. The maximum Gasteiger partial charge on any atom is 0.415 e. The molecule has 1 heterocycles. The van der Waals surface area contributed by atoms with E-state index in [0.29, 0.717) is 32.4 Å². The molecule has 8 heteroatoms. The van der Waals surface area contributed by atoms with Crippen molar-refractivity contribution in [2.24, 2.45) is 5.92 Å². The maximum absolute atomic E-state index is 12.0. The molecule has 1 fully saturated rings. The molecule has 23 heavy (non-hydrogen) atoms. The number of ether oxygens (including phenoxy) is 2. The van der Waals surface area contributed by atoms with Gasteiger partial charge >= 0.3 is 12.1 Å². The summed E-state index contributed by atoms with van der Waals surface area (Å²) in [5.41, 5.74) is -0.0616. The van der Waals surface area contributed by atoms with Gasteiger partial charge in [-0.25, -0.2) is 4.79 Å². The largest absolute Gasteiger partial charge is 0.469 e. The molecule has 0 N–H and O–H groups in total. The van der Waals surface area contributed by atoms with Crippen molar-refractivity contribution in [3.05, 3.63) is 34.4 Å². The third kappa shape index (κ3) is 4.67. The highest BCUT2D eigenvalue weighted by molar-refractivity contribution is 5.71. The first kappa shape index (κ1) is 16.7. The number of rotatable bonds is 4. The summed E-state index contributed by atoms with van der Waals surface area (Å²) in [6.45, 7) is 1.01. The van der Waals surface area contributed by atoms with Crippen LogP contribution in [0.2, 0.25) is 0 Å². The molecule has 0 saturated carbocycles. The lowest BCUT2D eigenvalue weighted by atomic mass is 9.94. The number of esters is 1. The number of nitrogens with zero attached hydrogens (tertiary/aromatic N) is 2. The van der Waals surface area contributed by atoms with Crippen molar-refractivity contribution in [1.29, 1.82) is 0 Å². The second kappa shape index (κ2) is 7.57. The number of non-ortho nitro benzene ring substituents is 1. The summed E-state index contributed by atoms with van der Waals surface area (Å²) in [6, 6.07) is 5.34. The van der Waals surface area contributed by atoms with Gasteiger partial charge in [0, 0.05) is 31.6 Å². The molecule has 1 aromatic carbocycles. The Morgan fingerprint density at radius 2 is 1.87 bits per heavy atom. The van der Waals surface area contributed by atoms with Crippen molar-refractivity contribution in [2.45, 2.75) is 19.3 Å². The lowest BCUT2D eigenvalue weighted by Gasteiger charge is -2.30. The van der Waals surface area contributed by atoms with Gasteiger partial charge in [0.25, 0.3) is 5.69 Å². The molecule has 0 bridgehead atoms. The molecule has 2 rings (SSSR count). The van der Waals surface area contributed by atoms with E-state index in [0.717, 1.165) is 0 Å². The highest BCUT2D eigenvalue weighted by Gasteiger charge is 2.25. The molecule has 8 nitrogen and oxygen atoms in total. The zero-order valence-electron chi connectivity index (χ0n) is 12.8. The van der Waals surface area contributed by atoms with E-state index in [9.17, 15) is 19.7 Å². The monoisotopic (exact) mass is 322 g/mol. The number of hydrogen-bond donors (Lipinski definition) is 0. The fourth-order valence-corrected chi connectivity index (χ4v) is 2.44. The standard InChI is InChI=1S/C15H18N2O6/c1-22-14(18)10-11-6-8-16(9-7-11)15(19)23-13-4-2-12(3-5-13)17(20)21/h2-5,11H,6-10H2,1H3. The Bertz CT molecular complexity index is 578. The molecule has 1 aromatic rings. The van der Waals surface area contributed by atoms with Crippen LogP contribution < -0.4 is 4.74 Å². The zero-order chi connectivity index (χ0) is 16.8. The van der Waals surface area contributed by atoms with Crippen molar-refractivity contribution in [3.63, 3.8) is 0 Å². The first-order chi connectivity index (χ1) is 11.0. The molecule has 0 atom stereocenters. The van der Waals surface area contributed by atoms with Crippen molar-refractivity contribution >= 4 is 17.7 Å². The number of likely N-dealkylation sites (tertiary alicyclic amines) is 1. The molecule has 1 aliphatic heterocycles. The molecular formula is C15H18N2O6. The van der Waals surface area contributed by atoms with Crippen LogP contribution in [-0.4, -0.2) is 42.1 Å². The topological polar surface area (TPSA) is 99.0 Å². The molecule has 0 radical (unpaired) electrons. The van der Waals surface area contributed by atoms with Crippen LogP contribution in [0.15, 0.2) is 24.3 Å². The van der Waals surface area contributed by atoms with Gasteiger partial charge in [-0.3, -0.25) is 14.9 Å². The van der Waals surface area contributed by atoms with E-state index in [1.165, 1.54) is 31.4 Å². The Morgan fingerprint density at radius 1 is 1.26 bits per heavy atom. The molecule has 0 aliphatic carbocycles. The number of nitro groups is 1. The first-order valence-electron chi connectivity index (χ1n) is 7.27. The van der Waals surface area contributed by atoms with E-state index < -0.39 is 11.0 Å². The molecule has 0 aromatic heterocycles. The molecular weight excluding hydrogens is 304 g/mol. The quantitative estimate of drug-likeness (QED) is 0.479. The number of hydrogen-bond acceptors (Lipinski definition) is 6. The lowest BCUT2D eigenvalue weighted by molar-refractivity contribution is -0.384. The normalized spacial score (nSPS) is 15.1. The van der Waals surface area contributed by atoms with Gasteiger partial charge in [0.1, 0.15) is 5.75 Å². The summed E-state index contributed by atoms with van der Waals surface area (Å²) in [5.74, 6) is 0.236. The van der Waals surface area contributed by atoms with Gasteiger partial charge in [0.15, 0.2) is 0 Å². The number of carbonyl (C=O) groups excluding carboxylic acids is 2. The summed E-state index contributed by atoms with van der Waals surface area (Å²) in [7, 11) is 1.36. The Hall–Kier alpha value is -2.64. The summed E-state index contributed by atoms with van der Waals surface area (Å²) in [6.07, 6.45) is 1.30. The maximum atomic E-state index is 12.0. The van der Waals surface area contributed by atoms with E-state index in [2.05, 4.69) is 4.74 Å². The van der Waals surface area contributed by atoms with Gasteiger partial charge in [0.2, 0.25) is 0 Å². The smallest absolute Gasteiger partial charge is 0.415 e. The minimum atomic E-state index is -0.516. The number of benzene rings is 1.